The van der Waals surface area contributed by atoms with Crippen LogP contribution in [0.25, 0.3) is 0 Å². The second kappa shape index (κ2) is 49.6. The van der Waals surface area contributed by atoms with E-state index in [4.69, 9.17) is 4.74 Å². The topological polar surface area (TPSA) is 95.9 Å². The van der Waals surface area contributed by atoms with Gasteiger partial charge < -0.3 is 20.3 Å². The zero-order valence-electron chi connectivity index (χ0n) is 41.0. The number of amides is 1. The summed E-state index contributed by atoms with van der Waals surface area (Å²) in [5.74, 6) is -0.541. The van der Waals surface area contributed by atoms with E-state index in [0.29, 0.717) is 19.3 Å². The highest BCUT2D eigenvalue weighted by Gasteiger charge is 2.24. The van der Waals surface area contributed by atoms with Gasteiger partial charge >= 0.3 is 5.97 Å². The SMILES string of the molecule is CC/C=C/C=C/C=C\C=C/CCCC(CC(=O)NC(CO)C(O)CCCCCCCCCCCCCCC)OC(=O)CCCCCCCCCCC/C=C/CCCCCCCC. The molecule has 6 heteroatoms. The molecule has 0 rings (SSSR count). The average Bonchev–Trinajstić information content (AvgIpc) is 3.26. The van der Waals surface area contributed by atoms with Crippen LogP contribution < -0.4 is 5.32 Å². The number of rotatable bonds is 47. The predicted octanol–water partition coefficient (Wildman–Crippen LogP) is 16.0. The lowest BCUT2D eigenvalue weighted by Crippen LogP contribution is -2.46. The van der Waals surface area contributed by atoms with Crippen LogP contribution in [0.4, 0.5) is 0 Å². The molecule has 0 aromatic rings. The minimum absolute atomic E-state index is 0.0306. The molecule has 0 aliphatic rings. The number of esters is 1. The van der Waals surface area contributed by atoms with Crippen LogP contribution in [0.15, 0.2) is 60.8 Å². The fraction of sp³-hybridized carbons (Fsp3) is 0.786. The van der Waals surface area contributed by atoms with Gasteiger partial charge in [-0.15, -0.1) is 0 Å². The summed E-state index contributed by atoms with van der Waals surface area (Å²) in [5.41, 5.74) is 0. The molecule has 0 spiro atoms. The molecule has 3 atom stereocenters. The molecular weight excluding hydrogens is 767 g/mol. The molecule has 1 amide bonds. The number of hydrogen-bond donors (Lipinski definition) is 3. The molecule has 0 aromatic carbocycles. The summed E-state index contributed by atoms with van der Waals surface area (Å²) in [6.45, 7) is 6.32. The second-order valence-corrected chi connectivity index (χ2v) is 18.0. The summed E-state index contributed by atoms with van der Waals surface area (Å²) in [4.78, 5) is 26.1. The summed E-state index contributed by atoms with van der Waals surface area (Å²) < 4.78 is 5.90. The van der Waals surface area contributed by atoms with Crippen LogP contribution in [0.2, 0.25) is 0 Å². The van der Waals surface area contributed by atoms with Crippen LogP contribution in [0.5, 0.6) is 0 Å². The first-order valence-electron chi connectivity index (χ1n) is 26.6. The van der Waals surface area contributed by atoms with Crippen molar-refractivity contribution in [2.45, 2.75) is 277 Å². The van der Waals surface area contributed by atoms with Gasteiger partial charge in [0.1, 0.15) is 6.10 Å². The van der Waals surface area contributed by atoms with E-state index in [1.54, 1.807) is 0 Å². The lowest BCUT2D eigenvalue weighted by Gasteiger charge is -2.24. The zero-order chi connectivity index (χ0) is 45.2. The van der Waals surface area contributed by atoms with Crippen molar-refractivity contribution in [1.82, 2.24) is 5.32 Å². The first-order chi connectivity index (χ1) is 30.5. The molecule has 3 N–H and O–H groups in total. The van der Waals surface area contributed by atoms with E-state index < -0.39 is 18.2 Å². The third-order valence-electron chi connectivity index (χ3n) is 11.9. The Morgan fingerprint density at radius 1 is 0.484 bits per heavy atom. The molecule has 62 heavy (non-hydrogen) atoms. The van der Waals surface area contributed by atoms with Crippen LogP contribution in [0.1, 0.15) is 258 Å². The van der Waals surface area contributed by atoms with Crippen molar-refractivity contribution in [2.75, 3.05) is 6.61 Å². The van der Waals surface area contributed by atoms with Crippen LogP contribution >= 0.6 is 0 Å². The van der Waals surface area contributed by atoms with Crippen LogP contribution in [-0.2, 0) is 14.3 Å². The van der Waals surface area contributed by atoms with Gasteiger partial charge in [-0.1, -0.05) is 242 Å². The Balaban J connectivity index is 4.53. The number of ether oxygens (including phenoxy) is 1. The fourth-order valence-electron chi connectivity index (χ4n) is 7.91. The normalized spacial score (nSPS) is 13.7. The Kier molecular flexibility index (Phi) is 47.6. The highest BCUT2D eigenvalue weighted by Crippen LogP contribution is 2.17. The van der Waals surface area contributed by atoms with Gasteiger partial charge in [0, 0.05) is 6.42 Å². The molecule has 0 bridgehead atoms. The summed E-state index contributed by atoms with van der Waals surface area (Å²) in [5, 5.41) is 23.7. The van der Waals surface area contributed by atoms with E-state index in [2.05, 4.69) is 50.4 Å². The van der Waals surface area contributed by atoms with Crippen LogP contribution in [0, 0.1) is 0 Å². The van der Waals surface area contributed by atoms with Crippen molar-refractivity contribution in [3.05, 3.63) is 60.8 Å². The molecule has 0 saturated carbocycles. The zero-order valence-corrected chi connectivity index (χ0v) is 41.0. The minimum Gasteiger partial charge on any atom is -0.462 e. The van der Waals surface area contributed by atoms with E-state index in [0.717, 1.165) is 57.8 Å². The predicted molar refractivity (Wildman–Crippen MR) is 268 cm³/mol. The largest absolute Gasteiger partial charge is 0.462 e. The summed E-state index contributed by atoms with van der Waals surface area (Å²) in [6.07, 6.45) is 61.5. The Bertz CT molecular complexity index is 1110. The first kappa shape index (κ1) is 59.6. The number of nitrogens with one attached hydrogen (secondary N) is 1. The van der Waals surface area contributed by atoms with Gasteiger partial charge in [-0.3, -0.25) is 9.59 Å². The first-order valence-corrected chi connectivity index (χ1v) is 26.6. The number of unbranched alkanes of at least 4 members (excludes halogenated alkanes) is 28. The third kappa shape index (κ3) is 44.2. The van der Waals surface area contributed by atoms with Gasteiger partial charge in [-0.2, -0.15) is 0 Å². The van der Waals surface area contributed by atoms with Gasteiger partial charge in [-0.05, 0) is 64.2 Å². The quantitative estimate of drug-likeness (QED) is 0.0245. The number of hydrogen-bond acceptors (Lipinski definition) is 5. The Hall–Kier alpha value is -2.44. The summed E-state index contributed by atoms with van der Waals surface area (Å²) in [6, 6.07) is -0.723. The number of aliphatic hydroxyl groups excluding tert-OH is 2. The maximum Gasteiger partial charge on any atom is 0.306 e. The minimum atomic E-state index is -0.805. The Labute approximate surface area is 384 Å². The monoisotopic (exact) mass is 868 g/mol. The highest BCUT2D eigenvalue weighted by molar-refractivity contribution is 5.77. The summed E-state index contributed by atoms with van der Waals surface area (Å²) >= 11 is 0. The van der Waals surface area contributed by atoms with E-state index in [-0.39, 0.29) is 24.9 Å². The number of aliphatic hydroxyl groups is 2. The van der Waals surface area contributed by atoms with Crippen molar-refractivity contribution in [1.29, 1.82) is 0 Å². The smallest absolute Gasteiger partial charge is 0.306 e. The molecule has 0 aliphatic heterocycles. The van der Waals surface area contributed by atoms with Crippen LogP contribution in [0.3, 0.4) is 0 Å². The highest BCUT2D eigenvalue weighted by atomic mass is 16.5. The lowest BCUT2D eigenvalue weighted by atomic mass is 10.0. The third-order valence-corrected chi connectivity index (χ3v) is 11.9. The lowest BCUT2D eigenvalue weighted by molar-refractivity contribution is -0.151. The Morgan fingerprint density at radius 2 is 0.903 bits per heavy atom. The van der Waals surface area contributed by atoms with E-state index >= 15 is 0 Å². The van der Waals surface area contributed by atoms with E-state index in [9.17, 15) is 19.8 Å². The molecule has 360 valence electrons. The fourth-order valence-corrected chi connectivity index (χ4v) is 7.91. The Morgan fingerprint density at radius 3 is 1.39 bits per heavy atom. The molecule has 0 radical (unpaired) electrons. The number of allylic oxidation sites excluding steroid dienone is 10. The van der Waals surface area contributed by atoms with Gasteiger partial charge in [0.15, 0.2) is 0 Å². The van der Waals surface area contributed by atoms with Crippen molar-refractivity contribution >= 4 is 11.9 Å². The molecule has 0 aliphatic carbocycles. The molecule has 0 heterocycles. The van der Waals surface area contributed by atoms with Crippen molar-refractivity contribution in [3.8, 4) is 0 Å². The van der Waals surface area contributed by atoms with E-state index in [1.807, 2.05) is 36.5 Å². The average molecular weight is 868 g/mol. The molecule has 0 fully saturated rings. The second-order valence-electron chi connectivity index (χ2n) is 18.0. The van der Waals surface area contributed by atoms with Crippen molar-refractivity contribution < 1.29 is 24.5 Å². The standard InChI is InChI=1S/C56H101NO5/c1-4-7-10-13-16-19-22-24-25-26-27-28-29-31-34-37-40-43-46-49-56(61)62-52(47-44-41-38-35-32-21-18-15-12-9-6-3)50-55(60)57-53(51-58)54(59)48-45-42-39-36-33-30-23-20-17-14-11-8-5-2/h9,12,15,18,21,24-25,32,35,38,52-54,58-59H,4-8,10-11,13-14,16-17,19-20,22-23,26-31,33-34,36-37,39-51H2,1-3H3,(H,57,60)/b12-9+,18-15+,25-24+,32-21-,38-35-. The molecule has 0 saturated heterocycles. The van der Waals surface area contributed by atoms with Gasteiger partial charge in [0.25, 0.3) is 0 Å². The number of carbonyl (C=O) groups is 2. The number of carbonyl (C=O) groups excluding carboxylic acids is 2. The molecule has 3 unspecified atom stereocenters. The molecule has 6 nitrogen and oxygen atoms in total. The summed E-state index contributed by atoms with van der Waals surface area (Å²) in [7, 11) is 0. The van der Waals surface area contributed by atoms with Gasteiger partial charge in [0.2, 0.25) is 5.91 Å². The van der Waals surface area contributed by atoms with Gasteiger partial charge in [0.05, 0.1) is 25.2 Å². The molecular formula is C56H101NO5. The maximum atomic E-state index is 13.2. The maximum absolute atomic E-state index is 13.2. The van der Waals surface area contributed by atoms with Crippen molar-refractivity contribution in [2.24, 2.45) is 0 Å². The molecule has 0 aromatic heterocycles. The van der Waals surface area contributed by atoms with Gasteiger partial charge in [-0.25, -0.2) is 0 Å². The van der Waals surface area contributed by atoms with E-state index in [1.165, 1.54) is 154 Å². The van der Waals surface area contributed by atoms with Crippen molar-refractivity contribution in [3.63, 3.8) is 0 Å². The van der Waals surface area contributed by atoms with Crippen LogP contribution in [-0.4, -0.2) is 46.9 Å².